The molecule has 0 saturated carbocycles. The van der Waals surface area contributed by atoms with E-state index in [4.69, 9.17) is 21.4 Å². The molecule has 2 N–H and O–H groups in total. The van der Waals surface area contributed by atoms with E-state index in [2.05, 4.69) is 33.1 Å². The number of nitrogens with one attached hydrogen (secondary N) is 1. The maximum absolute atomic E-state index is 12.7. The Hall–Kier alpha value is -2.49. The lowest BCUT2D eigenvalue weighted by Gasteiger charge is -2.26. The van der Waals surface area contributed by atoms with Crippen LogP contribution in [-0.2, 0) is 9.59 Å². The molecule has 0 aliphatic carbocycles. The standard InChI is InChI=1S/C22H21BrClNO4/c1-4-5-15(12-20(26)27)14-6-9-17(10-7-14)25-21(28)22(2,3)29-19-11-8-16(23)13-18(19)24/h6-11,13,15H,12H2,1-3H3,(H,25,28)(H,26,27). The number of hydrogen-bond acceptors (Lipinski definition) is 3. The van der Waals surface area contributed by atoms with Gasteiger partial charge in [-0.3, -0.25) is 9.59 Å². The van der Waals surface area contributed by atoms with E-state index in [0.29, 0.717) is 16.5 Å². The summed E-state index contributed by atoms with van der Waals surface area (Å²) in [5.74, 6) is 4.39. The van der Waals surface area contributed by atoms with Crippen molar-refractivity contribution in [3.63, 3.8) is 0 Å². The van der Waals surface area contributed by atoms with Crippen LogP contribution in [0.3, 0.4) is 0 Å². The topological polar surface area (TPSA) is 75.6 Å². The van der Waals surface area contributed by atoms with E-state index in [9.17, 15) is 9.59 Å². The molecule has 2 aromatic rings. The number of ether oxygens (including phenoxy) is 1. The zero-order valence-corrected chi connectivity index (χ0v) is 18.6. The van der Waals surface area contributed by atoms with Crippen LogP contribution in [0.15, 0.2) is 46.9 Å². The fraction of sp³-hybridized carbons (Fsp3) is 0.273. The predicted octanol–water partition coefficient (Wildman–Crippen LogP) is 5.48. The Balaban J connectivity index is 2.10. The molecule has 1 unspecified atom stereocenters. The first kappa shape index (κ1) is 22.8. The fourth-order valence-corrected chi connectivity index (χ4v) is 3.27. The number of anilines is 1. The van der Waals surface area contributed by atoms with Crippen molar-refractivity contribution in [2.45, 2.75) is 38.7 Å². The van der Waals surface area contributed by atoms with E-state index in [-0.39, 0.29) is 12.3 Å². The van der Waals surface area contributed by atoms with Gasteiger partial charge in [-0.1, -0.05) is 45.6 Å². The number of rotatable bonds is 7. The summed E-state index contributed by atoms with van der Waals surface area (Å²) in [6.45, 7) is 4.97. The average Bonchev–Trinajstić information content (AvgIpc) is 2.64. The highest BCUT2D eigenvalue weighted by molar-refractivity contribution is 9.10. The van der Waals surface area contributed by atoms with Crippen molar-refractivity contribution >= 4 is 45.1 Å². The summed E-state index contributed by atoms with van der Waals surface area (Å²) in [5, 5.41) is 12.2. The molecule has 2 aromatic carbocycles. The molecule has 0 aliphatic rings. The van der Waals surface area contributed by atoms with Crippen LogP contribution in [0, 0.1) is 11.8 Å². The van der Waals surface area contributed by atoms with Gasteiger partial charge in [0.25, 0.3) is 5.91 Å². The predicted molar refractivity (Wildman–Crippen MR) is 117 cm³/mol. The molecule has 0 aromatic heterocycles. The summed E-state index contributed by atoms with van der Waals surface area (Å²) in [5.41, 5.74) is 0.170. The molecule has 152 valence electrons. The van der Waals surface area contributed by atoms with E-state index in [1.165, 1.54) is 0 Å². The molecule has 1 atom stereocenters. The number of aliphatic carboxylic acids is 1. The minimum atomic E-state index is -1.17. The molecule has 0 spiro atoms. The zero-order chi connectivity index (χ0) is 21.6. The molecular formula is C22H21BrClNO4. The van der Waals surface area contributed by atoms with Crippen LogP contribution in [0.1, 0.15) is 38.7 Å². The van der Waals surface area contributed by atoms with Crippen LogP contribution in [0.4, 0.5) is 5.69 Å². The lowest BCUT2D eigenvalue weighted by Crippen LogP contribution is -2.42. The molecule has 7 heteroatoms. The van der Waals surface area contributed by atoms with Crippen molar-refractivity contribution in [2.24, 2.45) is 0 Å². The number of benzene rings is 2. The summed E-state index contributed by atoms with van der Waals surface area (Å²) in [4.78, 5) is 23.7. The first-order chi connectivity index (χ1) is 13.6. The van der Waals surface area contributed by atoms with Crippen molar-refractivity contribution in [1.82, 2.24) is 0 Å². The highest BCUT2D eigenvalue weighted by Crippen LogP contribution is 2.31. The molecule has 29 heavy (non-hydrogen) atoms. The van der Waals surface area contributed by atoms with Gasteiger partial charge in [-0.25, -0.2) is 0 Å². The van der Waals surface area contributed by atoms with Crippen LogP contribution >= 0.6 is 27.5 Å². The molecule has 0 fully saturated rings. The van der Waals surface area contributed by atoms with Crippen molar-refractivity contribution < 1.29 is 19.4 Å². The van der Waals surface area contributed by atoms with Gasteiger partial charge in [0.1, 0.15) is 5.75 Å². The SMILES string of the molecule is CC#CC(CC(=O)O)c1ccc(NC(=O)C(C)(C)Oc2ccc(Br)cc2Cl)cc1. The van der Waals surface area contributed by atoms with Gasteiger partial charge in [0, 0.05) is 10.2 Å². The maximum atomic E-state index is 12.7. The van der Waals surface area contributed by atoms with Gasteiger partial charge >= 0.3 is 5.97 Å². The van der Waals surface area contributed by atoms with E-state index in [1.807, 2.05) is 0 Å². The van der Waals surface area contributed by atoms with Crippen molar-refractivity contribution in [1.29, 1.82) is 0 Å². The Labute approximate surface area is 183 Å². The fourth-order valence-electron chi connectivity index (χ4n) is 2.56. The van der Waals surface area contributed by atoms with Gasteiger partial charge in [0.2, 0.25) is 0 Å². The maximum Gasteiger partial charge on any atom is 0.304 e. The third-order valence-electron chi connectivity index (χ3n) is 4.07. The number of carboxylic acids is 1. The minimum Gasteiger partial charge on any atom is -0.481 e. The van der Waals surface area contributed by atoms with Gasteiger partial charge in [-0.05, 0) is 56.7 Å². The lowest BCUT2D eigenvalue weighted by molar-refractivity contribution is -0.137. The summed E-state index contributed by atoms with van der Waals surface area (Å²) in [6, 6.07) is 12.1. The van der Waals surface area contributed by atoms with Crippen LogP contribution < -0.4 is 10.1 Å². The second-order valence-corrected chi connectivity index (χ2v) is 8.13. The summed E-state index contributed by atoms with van der Waals surface area (Å²) in [6.07, 6.45) is -0.0820. The second-order valence-electron chi connectivity index (χ2n) is 6.81. The largest absolute Gasteiger partial charge is 0.481 e. The summed E-state index contributed by atoms with van der Waals surface area (Å²) < 4.78 is 6.62. The monoisotopic (exact) mass is 477 g/mol. The highest BCUT2D eigenvalue weighted by atomic mass is 79.9. The first-order valence-electron chi connectivity index (χ1n) is 8.82. The van der Waals surface area contributed by atoms with E-state index in [0.717, 1.165) is 10.0 Å². The van der Waals surface area contributed by atoms with Gasteiger partial charge < -0.3 is 15.2 Å². The third kappa shape index (κ3) is 6.52. The van der Waals surface area contributed by atoms with Gasteiger partial charge in [-0.2, -0.15) is 0 Å². The van der Waals surface area contributed by atoms with Gasteiger partial charge in [0.05, 0.1) is 17.4 Å². The summed E-state index contributed by atoms with van der Waals surface area (Å²) in [7, 11) is 0. The summed E-state index contributed by atoms with van der Waals surface area (Å²) >= 11 is 9.50. The number of carboxylic acid groups (broad SMARTS) is 1. The Morgan fingerprint density at radius 2 is 1.90 bits per heavy atom. The molecule has 5 nitrogen and oxygen atoms in total. The van der Waals surface area contributed by atoms with Crippen LogP contribution in [0.5, 0.6) is 5.75 Å². The molecule has 0 saturated heterocycles. The van der Waals surface area contributed by atoms with E-state index >= 15 is 0 Å². The number of hydrogen-bond donors (Lipinski definition) is 2. The Kier molecular flexibility index (Phi) is 7.72. The molecule has 0 heterocycles. The highest BCUT2D eigenvalue weighted by Gasteiger charge is 2.31. The molecule has 0 bridgehead atoms. The number of carbonyl (C=O) groups is 2. The van der Waals surface area contributed by atoms with Crippen molar-refractivity contribution in [2.75, 3.05) is 5.32 Å². The van der Waals surface area contributed by atoms with Crippen molar-refractivity contribution in [3.8, 4) is 17.6 Å². The third-order valence-corrected chi connectivity index (χ3v) is 4.86. The minimum absolute atomic E-state index is 0.0820. The normalized spacial score (nSPS) is 11.8. The number of halogens is 2. The Morgan fingerprint density at radius 1 is 1.24 bits per heavy atom. The Bertz CT molecular complexity index is 961. The van der Waals surface area contributed by atoms with Crippen molar-refractivity contribution in [3.05, 3.63) is 57.5 Å². The van der Waals surface area contributed by atoms with Gasteiger partial charge in [-0.15, -0.1) is 5.92 Å². The van der Waals surface area contributed by atoms with Crippen LogP contribution in [-0.4, -0.2) is 22.6 Å². The second kappa shape index (κ2) is 9.82. The smallest absolute Gasteiger partial charge is 0.304 e. The quantitative estimate of drug-likeness (QED) is 0.517. The zero-order valence-electron chi connectivity index (χ0n) is 16.3. The van der Waals surface area contributed by atoms with E-state index < -0.39 is 17.5 Å². The number of carbonyl (C=O) groups excluding carboxylic acids is 1. The van der Waals surface area contributed by atoms with E-state index in [1.54, 1.807) is 63.2 Å². The number of amides is 1. The van der Waals surface area contributed by atoms with Gasteiger partial charge in [0.15, 0.2) is 5.60 Å². The lowest BCUT2D eigenvalue weighted by atomic mass is 9.96. The van der Waals surface area contributed by atoms with Crippen LogP contribution in [0.2, 0.25) is 5.02 Å². The molecule has 1 amide bonds. The van der Waals surface area contributed by atoms with Crippen LogP contribution in [0.25, 0.3) is 0 Å². The molecule has 2 rings (SSSR count). The average molecular weight is 479 g/mol. The first-order valence-corrected chi connectivity index (χ1v) is 9.99. The molecule has 0 radical (unpaired) electrons. The Morgan fingerprint density at radius 3 is 2.45 bits per heavy atom. The molecule has 0 aliphatic heterocycles. The molecular weight excluding hydrogens is 458 g/mol.